The second-order valence-corrected chi connectivity index (χ2v) is 12.3. The van der Waals surface area contributed by atoms with E-state index in [2.05, 4.69) is 21.6 Å². The van der Waals surface area contributed by atoms with Gasteiger partial charge in [-0.25, -0.2) is 0 Å². The summed E-state index contributed by atoms with van der Waals surface area (Å²) in [6.07, 6.45) is 7.25. The number of hydrogen-bond acceptors (Lipinski definition) is 6. The van der Waals surface area contributed by atoms with Crippen molar-refractivity contribution in [3.63, 3.8) is 0 Å². The van der Waals surface area contributed by atoms with Gasteiger partial charge >= 0.3 is 0 Å². The highest BCUT2D eigenvalue weighted by atomic mass is 35.5. The summed E-state index contributed by atoms with van der Waals surface area (Å²) < 4.78 is 6.43. The largest absolute Gasteiger partial charge is 0.489 e. The molecule has 8 nitrogen and oxygen atoms in total. The van der Waals surface area contributed by atoms with Gasteiger partial charge in [0.05, 0.1) is 0 Å². The van der Waals surface area contributed by atoms with Crippen molar-refractivity contribution in [2.75, 3.05) is 70.3 Å². The number of amides is 2. The van der Waals surface area contributed by atoms with E-state index in [1.54, 1.807) is 6.07 Å². The lowest BCUT2D eigenvalue weighted by molar-refractivity contribution is 0.0535. The van der Waals surface area contributed by atoms with Crippen LogP contribution >= 0.6 is 24.0 Å². The number of carbonyl (C=O) groups excluding carboxylic acids is 2. The standard InChI is InChI=1S/C32H42ClN5O3.ClH/c33-26-18-25(19-27(21-26)36-12-10-34-11-13-36)32(40)38-16-14-37(15-17-38)31(39)24-6-7-30(41-28-8-9-35-22-28)29(20-24)23-4-2-1-3-5-23;/h6-7,18-21,23,28,34-35H,1-5,8-17,22H2;1H/t28-;/m0./s1. The maximum atomic E-state index is 13.6. The molecule has 0 aromatic heterocycles. The number of anilines is 1. The topological polar surface area (TPSA) is 77.2 Å². The lowest BCUT2D eigenvalue weighted by Crippen LogP contribution is -2.50. The molecule has 3 heterocycles. The van der Waals surface area contributed by atoms with E-state index >= 15 is 0 Å². The van der Waals surface area contributed by atoms with Gasteiger partial charge in [-0.1, -0.05) is 30.9 Å². The molecule has 1 atom stereocenters. The smallest absolute Gasteiger partial charge is 0.254 e. The molecule has 2 amide bonds. The Hall–Kier alpha value is -2.52. The number of carbonyl (C=O) groups is 2. The van der Waals surface area contributed by atoms with Crippen molar-refractivity contribution in [3.8, 4) is 5.75 Å². The van der Waals surface area contributed by atoms with E-state index in [1.165, 1.54) is 24.8 Å². The van der Waals surface area contributed by atoms with Gasteiger partial charge in [-0.3, -0.25) is 9.59 Å². The third-order valence-corrected chi connectivity index (χ3v) is 9.29. The van der Waals surface area contributed by atoms with Gasteiger partial charge in [0.1, 0.15) is 11.9 Å². The van der Waals surface area contributed by atoms with Crippen molar-refractivity contribution in [3.05, 3.63) is 58.1 Å². The first-order chi connectivity index (χ1) is 20.0. The van der Waals surface area contributed by atoms with Crippen LogP contribution in [0.1, 0.15) is 70.7 Å². The van der Waals surface area contributed by atoms with Gasteiger partial charge in [-0.2, -0.15) is 0 Å². The second-order valence-electron chi connectivity index (χ2n) is 11.8. The molecule has 0 bridgehead atoms. The summed E-state index contributed by atoms with van der Waals surface area (Å²) in [5, 5.41) is 7.31. The quantitative estimate of drug-likeness (QED) is 0.496. The van der Waals surface area contributed by atoms with Crippen molar-refractivity contribution >= 4 is 41.5 Å². The molecule has 1 aliphatic carbocycles. The molecule has 2 aromatic rings. The van der Waals surface area contributed by atoms with Gasteiger partial charge in [-0.15, -0.1) is 12.4 Å². The molecule has 0 spiro atoms. The van der Waals surface area contributed by atoms with E-state index < -0.39 is 0 Å². The van der Waals surface area contributed by atoms with Crippen molar-refractivity contribution in [2.24, 2.45) is 0 Å². The molecular weight excluding hydrogens is 573 g/mol. The molecule has 4 aliphatic rings. The summed E-state index contributed by atoms with van der Waals surface area (Å²) in [6.45, 7) is 7.52. The van der Waals surface area contributed by atoms with E-state index in [4.69, 9.17) is 16.3 Å². The lowest BCUT2D eigenvalue weighted by atomic mass is 9.83. The van der Waals surface area contributed by atoms with Crippen LogP contribution < -0.4 is 20.3 Å². The van der Waals surface area contributed by atoms with Gasteiger partial charge in [0.15, 0.2) is 0 Å². The predicted octanol–water partition coefficient (Wildman–Crippen LogP) is 4.56. The average molecular weight is 617 g/mol. The Morgan fingerprint density at radius 1 is 0.762 bits per heavy atom. The molecule has 42 heavy (non-hydrogen) atoms. The van der Waals surface area contributed by atoms with E-state index in [0.717, 1.165) is 75.5 Å². The van der Waals surface area contributed by atoms with Gasteiger partial charge < -0.3 is 30.1 Å². The summed E-state index contributed by atoms with van der Waals surface area (Å²) in [7, 11) is 0. The van der Waals surface area contributed by atoms with Crippen LogP contribution in [0.25, 0.3) is 0 Å². The first-order valence-corrected chi connectivity index (χ1v) is 15.8. The Bertz CT molecular complexity index is 1230. The monoisotopic (exact) mass is 615 g/mol. The van der Waals surface area contributed by atoms with E-state index in [0.29, 0.717) is 42.7 Å². The number of hydrogen-bond donors (Lipinski definition) is 2. The fraction of sp³-hybridized carbons (Fsp3) is 0.562. The van der Waals surface area contributed by atoms with Crippen LogP contribution in [-0.4, -0.2) is 93.2 Å². The van der Waals surface area contributed by atoms with Crippen LogP contribution in [0.4, 0.5) is 5.69 Å². The highest BCUT2D eigenvalue weighted by Gasteiger charge is 2.29. The third-order valence-electron chi connectivity index (χ3n) is 9.08. The molecule has 2 aromatic carbocycles. The average Bonchev–Trinajstić information content (AvgIpc) is 3.54. The van der Waals surface area contributed by atoms with Crippen molar-refractivity contribution in [1.29, 1.82) is 0 Å². The van der Waals surface area contributed by atoms with Crippen molar-refractivity contribution in [1.82, 2.24) is 20.4 Å². The molecule has 10 heteroatoms. The lowest BCUT2D eigenvalue weighted by Gasteiger charge is -2.35. The molecule has 1 saturated carbocycles. The Morgan fingerprint density at radius 3 is 2.12 bits per heavy atom. The number of nitrogens with one attached hydrogen (secondary N) is 2. The molecule has 0 radical (unpaired) electrons. The van der Waals surface area contributed by atoms with Gasteiger partial charge in [0, 0.05) is 80.7 Å². The van der Waals surface area contributed by atoms with Gasteiger partial charge in [0.2, 0.25) is 0 Å². The molecule has 4 fully saturated rings. The van der Waals surface area contributed by atoms with E-state index in [9.17, 15) is 9.59 Å². The predicted molar refractivity (Wildman–Crippen MR) is 170 cm³/mol. The minimum atomic E-state index is -0.0292. The number of rotatable bonds is 6. The molecular formula is C32H43Cl2N5O3. The Kier molecular flexibility index (Phi) is 10.5. The number of piperazine rings is 2. The third kappa shape index (κ3) is 7.16. The Morgan fingerprint density at radius 2 is 1.45 bits per heavy atom. The maximum absolute atomic E-state index is 13.6. The molecule has 228 valence electrons. The van der Waals surface area contributed by atoms with Crippen LogP contribution in [0.5, 0.6) is 5.75 Å². The molecule has 6 rings (SSSR count). The summed E-state index contributed by atoms with van der Waals surface area (Å²) in [5.41, 5.74) is 3.51. The zero-order valence-corrected chi connectivity index (χ0v) is 25.9. The summed E-state index contributed by atoms with van der Waals surface area (Å²) in [5.74, 6) is 1.39. The highest BCUT2D eigenvalue weighted by Crippen LogP contribution is 2.39. The fourth-order valence-electron chi connectivity index (χ4n) is 6.71. The minimum absolute atomic E-state index is 0. The van der Waals surface area contributed by atoms with Gasteiger partial charge in [0.25, 0.3) is 11.8 Å². The zero-order chi connectivity index (χ0) is 28.2. The highest BCUT2D eigenvalue weighted by molar-refractivity contribution is 6.31. The van der Waals surface area contributed by atoms with Crippen LogP contribution in [0.15, 0.2) is 36.4 Å². The van der Waals surface area contributed by atoms with Gasteiger partial charge in [-0.05, 0) is 73.7 Å². The second kappa shape index (κ2) is 14.3. The fourth-order valence-corrected chi connectivity index (χ4v) is 6.94. The van der Waals surface area contributed by atoms with E-state index in [1.807, 2.05) is 34.1 Å². The first-order valence-electron chi connectivity index (χ1n) is 15.4. The molecule has 2 N–H and O–H groups in total. The minimum Gasteiger partial charge on any atom is -0.489 e. The summed E-state index contributed by atoms with van der Waals surface area (Å²) >= 11 is 6.43. The molecule has 0 unspecified atom stereocenters. The van der Waals surface area contributed by atoms with Crippen LogP contribution in [-0.2, 0) is 0 Å². The maximum Gasteiger partial charge on any atom is 0.254 e. The number of ether oxygens (including phenoxy) is 1. The number of benzene rings is 2. The Labute approximate surface area is 260 Å². The van der Waals surface area contributed by atoms with Crippen molar-refractivity contribution < 1.29 is 14.3 Å². The number of nitrogens with zero attached hydrogens (tertiary/aromatic N) is 3. The zero-order valence-electron chi connectivity index (χ0n) is 24.3. The van der Waals surface area contributed by atoms with Crippen molar-refractivity contribution in [2.45, 2.75) is 50.5 Å². The van der Waals surface area contributed by atoms with Crippen LogP contribution in [0.2, 0.25) is 5.02 Å². The molecule has 3 aliphatic heterocycles. The van der Waals surface area contributed by atoms with Crippen LogP contribution in [0.3, 0.4) is 0 Å². The van der Waals surface area contributed by atoms with E-state index in [-0.39, 0.29) is 30.3 Å². The Balaban J connectivity index is 0.00000353. The SMILES string of the molecule is Cl.O=C(c1cc(Cl)cc(N2CCNCC2)c1)N1CCN(C(=O)c2ccc(O[C@H]3CCNC3)c(C3CCCCC3)c2)CC1. The summed E-state index contributed by atoms with van der Waals surface area (Å²) in [4.78, 5) is 33.1. The summed E-state index contributed by atoms with van der Waals surface area (Å²) in [6, 6.07) is 11.7. The first kappa shape index (κ1) is 30.9. The van der Waals surface area contributed by atoms with Crippen LogP contribution in [0, 0.1) is 0 Å². The molecule has 3 saturated heterocycles. The number of halogens is 2. The normalized spacial score (nSPS) is 21.6.